The number of aryl methyl sites for hydroxylation is 2. The normalized spacial score (nSPS) is 17.6. The summed E-state index contributed by atoms with van der Waals surface area (Å²) in [6.07, 6.45) is 5.52. The molecule has 0 saturated carbocycles. The first-order valence-corrected chi connectivity index (χ1v) is 12.4. The summed E-state index contributed by atoms with van der Waals surface area (Å²) in [6.45, 7) is 4.75. The first-order chi connectivity index (χ1) is 16.0. The monoisotopic (exact) mass is 468 g/mol. The second-order valence-electron chi connectivity index (χ2n) is 9.11. The quantitative estimate of drug-likeness (QED) is 0.568. The Morgan fingerprint density at radius 1 is 1.18 bits per heavy atom. The lowest BCUT2D eigenvalue weighted by Gasteiger charge is -2.36. The number of fused-ring (bicyclic) bond motifs is 1. The van der Waals surface area contributed by atoms with E-state index in [-0.39, 0.29) is 23.7 Å². The number of benzene rings is 1. The highest BCUT2D eigenvalue weighted by Crippen LogP contribution is 2.28. The van der Waals surface area contributed by atoms with Gasteiger partial charge in [0, 0.05) is 29.7 Å². The van der Waals surface area contributed by atoms with Crippen molar-refractivity contribution in [2.45, 2.75) is 51.5 Å². The molecule has 0 spiro atoms. The van der Waals surface area contributed by atoms with Crippen LogP contribution in [0.25, 0.3) is 0 Å². The van der Waals surface area contributed by atoms with Crippen LogP contribution in [0, 0.1) is 5.92 Å². The highest BCUT2D eigenvalue weighted by molar-refractivity contribution is 6.30. The summed E-state index contributed by atoms with van der Waals surface area (Å²) in [6, 6.07) is 11.5. The number of piperidine rings is 1. The van der Waals surface area contributed by atoms with E-state index in [1.54, 1.807) is 6.92 Å². The molecule has 2 N–H and O–H groups in total. The van der Waals surface area contributed by atoms with Crippen LogP contribution in [-0.4, -0.2) is 47.8 Å². The molecule has 0 radical (unpaired) electrons. The average molecular weight is 469 g/mol. The molecule has 4 rings (SSSR count). The Hall–Kier alpha value is -2.44. The summed E-state index contributed by atoms with van der Waals surface area (Å²) >= 11 is 6.00. The Bertz CT molecular complexity index is 971. The Balaban J connectivity index is 1.21. The fourth-order valence-corrected chi connectivity index (χ4v) is 5.03. The minimum Gasteiger partial charge on any atom is -0.370 e. The number of ketones is 1. The molecule has 1 fully saturated rings. The third-order valence-electron chi connectivity index (χ3n) is 6.70. The molecule has 1 unspecified atom stereocenters. The van der Waals surface area contributed by atoms with Gasteiger partial charge in [-0.1, -0.05) is 29.8 Å². The highest BCUT2D eigenvalue weighted by Gasteiger charge is 2.31. The van der Waals surface area contributed by atoms with E-state index in [4.69, 9.17) is 16.6 Å². The van der Waals surface area contributed by atoms with Gasteiger partial charge in [0.2, 0.25) is 5.91 Å². The summed E-state index contributed by atoms with van der Waals surface area (Å²) < 4.78 is 0. The summed E-state index contributed by atoms with van der Waals surface area (Å²) in [4.78, 5) is 31.9. The second-order valence-corrected chi connectivity index (χ2v) is 9.55. The van der Waals surface area contributed by atoms with Gasteiger partial charge in [-0.3, -0.25) is 14.5 Å². The first-order valence-electron chi connectivity index (χ1n) is 12.0. The Kier molecular flexibility index (Phi) is 7.99. The van der Waals surface area contributed by atoms with Gasteiger partial charge in [-0.05, 0) is 87.9 Å². The van der Waals surface area contributed by atoms with Crippen LogP contribution >= 0.6 is 11.6 Å². The molecule has 6 nitrogen and oxygen atoms in total. The van der Waals surface area contributed by atoms with Gasteiger partial charge >= 0.3 is 0 Å². The molecule has 1 aromatic carbocycles. The molecule has 3 heterocycles. The molecule has 0 aliphatic carbocycles. The predicted octanol–water partition coefficient (Wildman–Crippen LogP) is 4.18. The van der Waals surface area contributed by atoms with Crippen LogP contribution < -0.4 is 10.6 Å². The molecule has 1 saturated heterocycles. The van der Waals surface area contributed by atoms with Crippen LogP contribution in [0.5, 0.6) is 0 Å². The number of Topliss-reactive ketones (excluding diaryl/α,β-unsaturated/α-hetero) is 1. The number of aromatic nitrogens is 1. The maximum Gasteiger partial charge on any atom is 0.223 e. The van der Waals surface area contributed by atoms with E-state index in [1.807, 2.05) is 24.3 Å². The molecular weight excluding hydrogens is 436 g/mol. The van der Waals surface area contributed by atoms with E-state index in [9.17, 15) is 9.59 Å². The zero-order chi connectivity index (χ0) is 23.2. The number of rotatable bonds is 8. The number of amides is 1. The third-order valence-corrected chi connectivity index (χ3v) is 6.95. The number of anilines is 1. The van der Waals surface area contributed by atoms with Crippen molar-refractivity contribution < 1.29 is 9.59 Å². The smallest absolute Gasteiger partial charge is 0.223 e. The van der Waals surface area contributed by atoms with Gasteiger partial charge in [0.1, 0.15) is 5.82 Å². The minimum absolute atomic E-state index is 0.00476. The summed E-state index contributed by atoms with van der Waals surface area (Å²) in [5.41, 5.74) is 3.33. The SMILES string of the molecule is CC(=O)C(c1ccc(Cl)cc1)N1CCC(C(=O)NCCCc2ccc3c(n2)NCCC3)CC1. The van der Waals surface area contributed by atoms with Gasteiger partial charge in [0.05, 0.1) is 6.04 Å². The van der Waals surface area contributed by atoms with Gasteiger partial charge in [0.15, 0.2) is 5.78 Å². The van der Waals surface area contributed by atoms with Gasteiger partial charge in [-0.15, -0.1) is 0 Å². The van der Waals surface area contributed by atoms with Crippen LogP contribution in [0.3, 0.4) is 0 Å². The summed E-state index contributed by atoms with van der Waals surface area (Å²) in [5, 5.41) is 7.14. The maximum absolute atomic E-state index is 12.7. The lowest BCUT2D eigenvalue weighted by Crippen LogP contribution is -2.43. The Morgan fingerprint density at radius 3 is 2.67 bits per heavy atom. The highest BCUT2D eigenvalue weighted by atomic mass is 35.5. The number of nitrogens with one attached hydrogen (secondary N) is 2. The topological polar surface area (TPSA) is 74.3 Å². The molecule has 176 valence electrons. The molecule has 2 aromatic rings. The van der Waals surface area contributed by atoms with Crippen LogP contribution in [0.15, 0.2) is 36.4 Å². The van der Waals surface area contributed by atoms with Crippen molar-refractivity contribution in [2.75, 3.05) is 31.5 Å². The van der Waals surface area contributed by atoms with Gasteiger partial charge < -0.3 is 10.6 Å². The van der Waals surface area contributed by atoms with E-state index in [1.165, 1.54) is 5.56 Å². The molecule has 1 amide bonds. The van der Waals surface area contributed by atoms with Crippen molar-refractivity contribution in [1.82, 2.24) is 15.2 Å². The average Bonchev–Trinajstić information content (AvgIpc) is 2.83. The lowest BCUT2D eigenvalue weighted by atomic mass is 9.92. The first kappa shape index (κ1) is 23.7. The number of nitrogens with zero attached hydrogens (tertiary/aromatic N) is 2. The largest absolute Gasteiger partial charge is 0.370 e. The second kappa shape index (κ2) is 11.1. The predicted molar refractivity (Wildman–Crippen MR) is 132 cm³/mol. The number of carbonyl (C=O) groups is 2. The van der Waals surface area contributed by atoms with Crippen molar-refractivity contribution in [1.29, 1.82) is 0 Å². The minimum atomic E-state index is -0.273. The number of pyridine rings is 1. The van der Waals surface area contributed by atoms with Crippen LogP contribution in [0.2, 0.25) is 5.02 Å². The van der Waals surface area contributed by atoms with Crippen LogP contribution in [-0.2, 0) is 22.4 Å². The molecular formula is C26H33ClN4O2. The van der Waals surface area contributed by atoms with E-state index < -0.39 is 0 Å². The van der Waals surface area contributed by atoms with E-state index in [0.29, 0.717) is 11.6 Å². The lowest BCUT2D eigenvalue weighted by molar-refractivity contribution is -0.127. The number of halogens is 1. The fraction of sp³-hybridized carbons (Fsp3) is 0.500. The maximum atomic E-state index is 12.7. The molecule has 0 bridgehead atoms. The van der Waals surface area contributed by atoms with Crippen LogP contribution in [0.1, 0.15) is 55.5 Å². The van der Waals surface area contributed by atoms with Gasteiger partial charge in [0.25, 0.3) is 0 Å². The van der Waals surface area contributed by atoms with E-state index in [2.05, 4.69) is 27.7 Å². The molecule has 1 atom stereocenters. The van der Waals surface area contributed by atoms with Crippen molar-refractivity contribution in [2.24, 2.45) is 5.92 Å². The molecule has 2 aliphatic rings. The van der Waals surface area contributed by atoms with Crippen LogP contribution in [0.4, 0.5) is 5.82 Å². The van der Waals surface area contributed by atoms with Crippen molar-refractivity contribution in [3.63, 3.8) is 0 Å². The zero-order valence-corrected chi connectivity index (χ0v) is 20.0. The summed E-state index contributed by atoms with van der Waals surface area (Å²) in [7, 11) is 0. The number of likely N-dealkylation sites (tertiary alicyclic amines) is 1. The van der Waals surface area contributed by atoms with E-state index in [0.717, 1.165) is 75.2 Å². The number of carbonyl (C=O) groups excluding carboxylic acids is 2. The fourth-order valence-electron chi connectivity index (χ4n) is 4.90. The molecule has 33 heavy (non-hydrogen) atoms. The molecule has 7 heteroatoms. The van der Waals surface area contributed by atoms with E-state index >= 15 is 0 Å². The zero-order valence-electron chi connectivity index (χ0n) is 19.3. The molecule has 2 aliphatic heterocycles. The van der Waals surface area contributed by atoms with Crippen molar-refractivity contribution in [3.8, 4) is 0 Å². The standard InChI is InChI=1S/C26H33ClN4O2/c1-18(32)24(19-6-9-22(27)10-7-19)31-16-12-21(13-17-31)26(33)29-15-3-5-23-11-8-20-4-2-14-28-25(20)30-23/h6-11,21,24H,2-5,12-17H2,1H3,(H,28,30)(H,29,33). The number of hydrogen-bond donors (Lipinski definition) is 2. The molecule has 1 aromatic heterocycles. The van der Waals surface area contributed by atoms with Crippen molar-refractivity contribution >= 4 is 29.1 Å². The Labute approximate surface area is 201 Å². The van der Waals surface area contributed by atoms with Crippen molar-refractivity contribution in [3.05, 3.63) is 58.2 Å². The number of hydrogen-bond acceptors (Lipinski definition) is 5. The summed E-state index contributed by atoms with van der Waals surface area (Å²) in [5.74, 6) is 1.27. The van der Waals surface area contributed by atoms with Gasteiger partial charge in [-0.25, -0.2) is 4.98 Å². The van der Waals surface area contributed by atoms with Gasteiger partial charge in [-0.2, -0.15) is 0 Å². The Morgan fingerprint density at radius 2 is 1.94 bits per heavy atom. The third kappa shape index (κ3) is 6.12.